The van der Waals surface area contributed by atoms with Gasteiger partial charge in [-0.2, -0.15) is 0 Å². The monoisotopic (exact) mass is 309 g/mol. The Hall–Kier alpha value is -1.86. The van der Waals surface area contributed by atoms with Gasteiger partial charge in [-0.1, -0.05) is 11.3 Å². The summed E-state index contributed by atoms with van der Waals surface area (Å²) in [6.07, 6.45) is 0. The normalized spacial score (nSPS) is 11.6. The molecule has 2 rings (SSSR count). The highest BCUT2D eigenvalue weighted by Gasteiger charge is 2.15. The second-order valence-corrected chi connectivity index (χ2v) is 6.57. The van der Waals surface area contributed by atoms with Crippen molar-refractivity contribution in [3.63, 3.8) is 0 Å². The maximum Gasteiger partial charge on any atom is 0.252 e. The van der Waals surface area contributed by atoms with Crippen molar-refractivity contribution in [2.24, 2.45) is 0 Å². The first-order valence-electron chi connectivity index (χ1n) is 6.46. The summed E-state index contributed by atoms with van der Waals surface area (Å²) in [5, 5.41) is 3.22. The molecule has 0 unspecified atom stereocenters. The minimum absolute atomic E-state index is 0.0152. The van der Waals surface area contributed by atoms with Crippen molar-refractivity contribution in [2.75, 3.05) is 24.8 Å². The molecule has 6 nitrogen and oxygen atoms in total. The number of fused-ring (bicyclic) bond motifs is 1. The second-order valence-electron chi connectivity index (χ2n) is 5.54. The average Bonchev–Trinajstić information content (AvgIpc) is 2.76. The molecule has 3 N–H and O–H groups in total. The zero-order chi connectivity index (χ0) is 15.6. The van der Waals surface area contributed by atoms with E-state index in [0.717, 1.165) is 4.70 Å². The van der Waals surface area contributed by atoms with Crippen molar-refractivity contribution < 1.29 is 14.3 Å². The van der Waals surface area contributed by atoms with E-state index in [1.165, 1.54) is 11.3 Å². The van der Waals surface area contributed by atoms with Gasteiger partial charge in [0.15, 0.2) is 5.13 Å². The molecule has 0 aliphatic carbocycles. The van der Waals surface area contributed by atoms with Crippen LogP contribution in [-0.2, 0) is 9.53 Å². The van der Waals surface area contributed by atoms with E-state index in [4.69, 9.17) is 15.2 Å². The van der Waals surface area contributed by atoms with Gasteiger partial charge in [0.05, 0.1) is 17.4 Å². The lowest BCUT2D eigenvalue weighted by Gasteiger charge is -2.18. The first-order chi connectivity index (χ1) is 9.78. The van der Waals surface area contributed by atoms with Crippen LogP contribution in [0.25, 0.3) is 10.2 Å². The number of amides is 1. The summed E-state index contributed by atoms with van der Waals surface area (Å²) in [4.78, 5) is 16.2. The molecule has 0 aliphatic heterocycles. The van der Waals surface area contributed by atoms with Gasteiger partial charge >= 0.3 is 0 Å². The van der Waals surface area contributed by atoms with Crippen molar-refractivity contribution in [3.8, 4) is 5.75 Å². The molecule has 0 radical (unpaired) electrons. The Morgan fingerprint density at radius 2 is 2.14 bits per heavy atom. The second kappa shape index (κ2) is 5.87. The van der Waals surface area contributed by atoms with Crippen LogP contribution >= 0.6 is 11.3 Å². The van der Waals surface area contributed by atoms with Gasteiger partial charge in [0.1, 0.15) is 17.9 Å². The van der Waals surface area contributed by atoms with E-state index < -0.39 is 0 Å². The summed E-state index contributed by atoms with van der Waals surface area (Å²) in [6.45, 7) is 5.67. The van der Waals surface area contributed by atoms with Crippen molar-refractivity contribution in [3.05, 3.63) is 12.1 Å². The first kappa shape index (κ1) is 15.5. The summed E-state index contributed by atoms with van der Waals surface area (Å²) in [7, 11) is 1.56. The number of nitrogens with one attached hydrogen (secondary N) is 1. The van der Waals surface area contributed by atoms with Gasteiger partial charge < -0.3 is 15.2 Å². The molecular formula is C14H19N3O3S. The maximum atomic E-state index is 11.8. The number of ether oxygens (including phenoxy) is 2. The molecule has 1 aromatic carbocycles. The van der Waals surface area contributed by atoms with Crippen LogP contribution in [0.3, 0.4) is 0 Å². The number of methoxy groups -OCH3 is 1. The fraction of sp³-hybridized carbons (Fsp3) is 0.429. The van der Waals surface area contributed by atoms with Crippen LogP contribution in [0, 0.1) is 0 Å². The number of benzene rings is 1. The van der Waals surface area contributed by atoms with Gasteiger partial charge in [0.25, 0.3) is 5.91 Å². The molecule has 0 bridgehead atoms. The van der Waals surface area contributed by atoms with Crippen LogP contribution in [-0.4, -0.2) is 30.2 Å². The summed E-state index contributed by atoms with van der Waals surface area (Å²) in [5.74, 6) is 0.351. The number of hydrogen-bond donors (Lipinski definition) is 2. The fourth-order valence-electron chi connectivity index (χ4n) is 1.67. The Labute approximate surface area is 127 Å². The van der Waals surface area contributed by atoms with E-state index >= 15 is 0 Å². The van der Waals surface area contributed by atoms with Crippen molar-refractivity contribution >= 4 is 38.3 Å². The van der Waals surface area contributed by atoms with E-state index in [1.54, 1.807) is 19.2 Å². The molecule has 0 saturated carbocycles. The molecule has 1 heterocycles. The zero-order valence-corrected chi connectivity index (χ0v) is 13.3. The number of nitrogen functional groups attached to an aromatic ring is 1. The number of anilines is 2. The molecule has 7 heteroatoms. The summed E-state index contributed by atoms with van der Waals surface area (Å²) < 4.78 is 11.5. The highest BCUT2D eigenvalue weighted by atomic mass is 32.1. The topological polar surface area (TPSA) is 86.5 Å². The van der Waals surface area contributed by atoms with Crippen molar-refractivity contribution in [2.45, 2.75) is 26.4 Å². The summed E-state index contributed by atoms with van der Waals surface area (Å²) in [5.41, 5.74) is 6.72. The Bertz CT molecular complexity index is 661. The van der Waals surface area contributed by atoms with Gasteiger partial charge in [-0.15, -0.1) is 0 Å². The number of nitrogens with zero attached hydrogens (tertiary/aromatic N) is 1. The first-order valence-corrected chi connectivity index (χ1v) is 7.28. The average molecular weight is 309 g/mol. The quantitative estimate of drug-likeness (QED) is 0.848. The molecule has 0 aliphatic rings. The molecule has 0 fully saturated rings. The van der Waals surface area contributed by atoms with Crippen LogP contribution in [0.1, 0.15) is 20.8 Å². The highest BCUT2D eigenvalue weighted by molar-refractivity contribution is 7.22. The third-order valence-electron chi connectivity index (χ3n) is 2.58. The number of rotatable bonds is 4. The van der Waals surface area contributed by atoms with E-state index in [-0.39, 0.29) is 18.1 Å². The van der Waals surface area contributed by atoms with Crippen molar-refractivity contribution in [1.82, 2.24) is 4.98 Å². The molecule has 0 atom stereocenters. The predicted molar refractivity (Wildman–Crippen MR) is 84.9 cm³/mol. The Kier molecular flexibility index (Phi) is 4.34. The minimum Gasteiger partial charge on any atom is -0.494 e. The Balaban J connectivity index is 2.14. The number of carbonyl (C=O) groups is 1. The van der Waals surface area contributed by atoms with E-state index in [9.17, 15) is 4.79 Å². The Morgan fingerprint density at radius 3 is 2.76 bits per heavy atom. The van der Waals surface area contributed by atoms with Crippen LogP contribution in [0.5, 0.6) is 5.75 Å². The maximum absolute atomic E-state index is 11.8. The predicted octanol–water partition coefficient (Wildman–Crippen LogP) is 2.64. The molecule has 0 spiro atoms. The molecule has 2 aromatic rings. The van der Waals surface area contributed by atoms with E-state index in [2.05, 4.69) is 10.3 Å². The molecule has 114 valence electrons. The lowest BCUT2D eigenvalue weighted by molar-refractivity contribution is -0.125. The van der Waals surface area contributed by atoms with Crippen LogP contribution in [0.4, 0.5) is 10.8 Å². The van der Waals surface area contributed by atoms with Crippen LogP contribution in [0.15, 0.2) is 12.1 Å². The van der Waals surface area contributed by atoms with Gasteiger partial charge in [-0.3, -0.25) is 10.1 Å². The smallest absolute Gasteiger partial charge is 0.252 e. The van der Waals surface area contributed by atoms with E-state index in [1.807, 2.05) is 20.8 Å². The SMILES string of the molecule is COc1cc(N)cc2sc(NC(=O)COC(C)(C)C)nc12. The van der Waals surface area contributed by atoms with Gasteiger partial charge in [0.2, 0.25) is 0 Å². The minimum atomic E-state index is -0.359. The lowest BCUT2D eigenvalue weighted by Crippen LogP contribution is -2.27. The zero-order valence-electron chi connectivity index (χ0n) is 12.5. The van der Waals surface area contributed by atoms with Gasteiger partial charge in [0, 0.05) is 11.8 Å². The number of thiazole rings is 1. The standard InChI is InChI=1S/C14H19N3O3S/c1-14(2,3)20-7-11(18)16-13-17-12-9(19-4)5-8(15)6-10(12)21-13/h5-6H,7,15H2,1-4H3,(H,16,17,18). The lowest BCUT2D eigenvalue weighted by atomic mass is 10.2. The van der Waals surface area contributed by atoms with Crippen LogP contribution < -0.4 is 15.8 Å². The fourth-order valence-corrected chi connectivity index (χ4v) is 2.61. The number of hydrogen-bond acceptors (Lipinski definition) is 6. The third kappa shape index (κ3) is 4.05. The molecule has 1 amide bonds. The Morgan fingerprint density at radius 1 is 1.43 bits per heavy atom. The van der Waals surface area contributed by atoms with Crippen LogP contribution in [0.2, 0.25) is 0 Å². The largest absolute Gasteiger partial charge is 0.494 e. The molecule has 1 aromatic heterocycles. The van der Waals surface area contributed by atoms with E-state index in [0.29, 0.717) is 22.1 Å². The summed E-state index contributed by atoms with van der Waals surface area (Å²) >= 11 is 1.34. The number of aromatic nitrogens is 1. The molecular weight excluding hydrogens is 290 g/mol. The number of nitrogens with two attached hydrogens (primary N) is 1. The third-order valence-corrected chi connectivity index (χ3v) is 3.50. The van der Waals surface area contributed by atoms with Gasteiger partial charge in [-0.05, 0) is 26.8 Å². The number of carbonyl (C=O) groups excluding carboxylic acids is 1. The highest BCUT2D eigenvalue weighted by Crippen LogP contribution is 2.34. The van der Waals surface area contributed by atoms with Crippen molar-refractivity contribution in [1.29, 1.82) is 0 Å². The molecule has 0 saturated heterocycles. The van der Waals surface area contributed by atoms with Gasteiger partial charge in [-0.25, -0.2) is 4.98 Å². The summed E-state index contributed by atoms with van der Waals surface area (Å²) in [6, 6.07) is 3.51. The molecule has 21 heavy (non-hydrogen) atoms.